The summed E-state index contributed by atoms with van der Waals surface area (Å²) < 4.78 is 12.1. The highest BCUT2D eigenvalue weighted by molar-refractivity contribution is 7.98. The lowest BCUT2D eigenvalue weighted by Crippen LogP contribution is -2.29. The molecule has 166 valence electrons. The number of carbonyl (C=O) groups is 1. The van der Waals surface area contributed by atoms with E-state index >= 15 is 0 Å². The second-order valence-electron chi connectivity index (χ2n) is 7.89. The van der Waals surface area contributed by atoms with E-state index in [1.54, 1.807) is 11.8 Å². The van der Waals surface area contributed by atoms with Crippen molar-refractivity contribution in [3.63, 3.8) is 0 Å². The molecule has 32 heavy (non-hydrogen) atoms. The van der Waals surface area contributed by atoms with Crippen LogP contribution < -0.4 is 4.74 Å². The molecule has 0 unspecified atom stereocenters. The third-order valence-electron chi connectivity index (χ3n) is 5.91. The molecular weight excluding hydrogens is 426 g/mol. The summed E-state index contributed by atoms with van der Waals surface area (Å²) in [4.78, 5) is 23.3. The molecule has 7 heteroatoms. The van der Waals surface area contributed by atoms with Crippen molar-refractivity contribution in [3.05, 3.63) is 81.9 Å². The van der Waals surface area contributed by atoms with Gasteiger partial charge in [0.1, 0.15) is 17.8 Å². The Labute approximate surface area is 191 Å². The molecule has 0 bridgehead atoms. The van der Waals surface area contributed by atoms with Crippen LogP contribution in [0.5, 0.6) is 5.75 Å². The molecule has 0 N–H and O–H groups in total. The van der Waals surface area contributed by atoms with Gasteiger partial charge < -0.3 is 9.47 Å². The standard InChI is InChI=1S/C25H25NO5S/c1-32-16-30-23-15-12-17-6-2-3-7-20(17)24(23)21-8-4-5-9-22(21)31-25(27)18-10-13-19(14-11-18)26(28)29/h2-3,6-7,10-15,21-22H,4-5,8-9,16H2,1H3/t21-,22+/m0/s1. The van der Waals surface area contributed by atoms with E-state index < -0.39 is 10.9 Å². The molecule has 1 fully saturated rings. The van der Waals surface area contributed by atoms with Crippen molar-refractivity contribution < 1.29 is 19.2 Å². The number of rotatable bonds is 7. The maximum absolute atomic E-state index is 12.9. The van der Waals surface area contributed by atoms with Gasteiger partial charge in [-0.1, -0.05) is 36.8 Å². The van der Waals surface area contributed by atoms with E-state index in [-0.39, 0.29) is 17.7 Å². The zero-order valence-electron chi connectivity index (χ0n) is 17.9. The monoisotopic (exact) mass is 451 g/mol. The number of non-ortho nitro benzene ring substituents is 1. The van der Waals surface area contributed by atoms with Crippen molar-refractivity contribution in [2.45, 2.75) is 37.7 Å². The van der Waals surface area contributed by atoms with Gasteiger partial charge >= 0.3 is 5.97 Å². The van der Waals surface area contributed by atoms with Gasteiger partial charge in [0, 0.05) is 23.6 Å². The zero-order chi connectivity index (χ0) is 22.5. The molecule has 6 nitrogen and oxygen atoms in total. The molecule has 0 heterocycles. The van der Waals surface area contributed by atoms with Crippen LogP contribution in [-0.4, -0.2) is 29.2 Å². The van der Waals surface area contributed by atoms with E-state index in [2.05, 4.69) is 18.2 Å². The van der Waals surface area contributed by atoms with Crippen molar-refractivity contribution in [2.24, 2.45) is 0 Å². The molecule has 0 amide bonds. The minimum Gasteiger partial charge on any atom is -0.483 e. The van der Waals surface area contributed by atoms with Crippen LogP contribution in [0.15, 0.2) is 60.7 Å². The minimum absolute atomic E-state index is 0.0219. The van der Waals surface area contributed by atoms with E-state index in [0.717, 1.165) is 47.8 Å². The van der Waals surface area contributed by atoms with Crippen molar-refractivity contribution in [1.29, 1.82) is 0 Å². The molecule has 0 spiro atoms. The number of esters is 1. The van der Waals surface area contributed by atoms with E-state index in [4.69, 9.17) is 9.47 Å². The number of fused-ring (bicyclic) bond motifs is 1. The highest BCUT2D eigenvalue weighted by Gasteiger charge is 2.33. The van der Waals surface area contributed by atoms with Crippen molar-refractivity contribution >= 4 is 34.2 Å². The van der Waals surface area contributed by atoms with Crippen LogP contribution in [0.25, 0.3) is 10.8 Å². The number of nitro groups is 1. The summed E-state index contributed by atoms with van der Waals surface area (Å²) in [5.41, 5.74) is 1.36. The summed E-state index contributed by atoms with van der Waals surface area (Å²) in [7, 11) is 0. The van der Waals surface area contributed by atoms with Crippen LogP contribution in [0.2, 0.25) is 0 Å². The van der Waals surface area contributed by atoms with Gasteiger partial charge in [-0.2, -0.15) is 0 Å². The third kappa shape index (κ3) is 4.72. The number of carbonyl (C=O) groups excluding carboxylic acids is 1. The van der Waals surface area contributed by atoms with Gasteiger partial charge in [-0.25, -0.2) is 4.79 Å². The topological polar surface area (TPSA) is 78.7 Å². The first-order chi connectivity index (χ1) is 15.6. The molecule has 3 aromatic rings. The van der Waals surface area contributed by atoms with Gasteiger partial charge in [-0.05, 0) is 54.5 Å². The fraction of sp³-hybridized carbons (Fsp3) is 0.320. The predicted octanol–water partition coefficient (Wildman–Crippen LogP) is 6.33. The van der Waals surface area contributed by atoms with E-state index in [1.807, 2.05) is 24.5 Å². The molecule has 1 aliphatic rings. The van der Waals surface area contributed by atoms with Gasteiger partial charge in [-0.3, -0.25) is 10.1 Å². The lowest BCUT2D eigenvalue weighted by Gasteiger charge is -2.33. The molecule has 0 aliphatic heterocycles. The maximum Gasteiger partial charge on any atom is 0.338 e. The molecule has 0 aromatic heterocycles. The first kappa shape index (κ1) is 22.1. The Balaban J connectivity index is 1.65. The first-order valence-corrected chi connectivity index (χ1v) is 12.1. The molecule has 3 aromatic carbocycles. The Morgan fingerprint density at radius 3 is 2.56 bits per heavy atom. The highest BCUT2D eigenvalue weighted by atomic mass is 32.2. The van der Waals surface area contributed by atoms with Gasteiger partial charge in [-0.15, -0.1) is 11.8 Å². The summed E-state index contributed by atoms with van der Waals surface area (Å²) in [5, 5.41) is 13.1. The van der Waals surface area contributed by atoms with E-state index in [0.29, 0.717) is 11.5 Å². The third-order valence-corrected chi connectivity index (χ3v) is 6.26. The van der Waals surface area contributed by atoms with Crippen LogP contribution >= 0.6 is 11.8 Å². The van der Waals surface area contributed by atoms with Crippen LogP contribution in [0.4, 0.5) is 5.69 Å². The second kappa shape index (κ2) is 10.0. The van der Waals surface area contributed by atoms with E-state index in [1.165, 1.54) is 24.3 Å². The molecule has 0 saturated heterocycles. The smallest absolute Gasteiger partial charge is 0.338 e. The zero-order valence-corrected chi connectivity index (χ0v) is 18.7. The molecule has 1 aliphatic carbocycles. The minimum atomic E-state index is -0.483. The fourth-order valence-corrected chi connectivity index (χ4v) is 4.64. The molecule has 4 rings (SSSR count). The Hall–Kier alpha value is -3.06. The lowest BCUT2D eigenvalue weighted by atomic mass is 9.79. The SMILES string of the molecule is CSCOc1ccc2ccccc2c1[C@H]1CCCC[C@H]1OC(=O)c1ccc([N+](=O)[O-])cc1. The van der Waals surface area contributed by atoms with Gasteiger partial charge in [0.2, 0.25) is 0 Å². The summed E-state index contributed by atoms with van der Waals surface area (Å²) in [6.07, 6.45) is 5.43. The number of nitrogens with zero attached hydrogens (tertiary/aromatic N) is 1. The van der Waals surface area contributed by atoms with Crippen molar-refractivity contribution in [1.82, 2.24) is 0 Å². The first-order valence-electron chi connectivity index (χ1n) is 10.7. The van der Waals surface area contributed by atoms with E-state index in [9.17, 15) is 14.9 Å². The largest absolute Gasteiger partial charge is 0.483 e. The molecule has 0 radical (unpaired) electrons. The number of thioether (sulfide) groups is 1. The average Bonchev–Trinajstić information content (AvgIpc) is 2.83. The average molecular weight is 452 g/mol. The number of hydrogen-bond acceptors (Lipinski definition) is 6. The summed E-state index contributed by atoms with van der Waals surface area (Å²) in [6, 6.07) is 17.8. The number of nitro benzene ring substituents is 1. The van der Waals surface area contributed by atoms with Crippen molar-refractivity contribution in [2.75, 3.05) is 12.2 Å². The Kier molecular flexibility index (Phi) is 6.95. The number of benzene rings is 3. The predicted molar refractivity (Wildman–Crippen MR) is 126 cm³/mol. The highest BCUT2D eigenvalue weighted by Crippen LogP contribution is 2.43. The fourth-order valence-electron chi connectivity index (χ4n) is 4.40. The van der Waals surface area contributed by atoms with Gasteiger partial charge in [0.25, 0.3) is 5.69 Å². The summed E-state index contributed by atoms with van der Waals surface area (Å²) >= 11 is 1.61. The van der Waals surface area contributed by atoms with Crippen molar-refractivity contribution in [3.8, 4) is 5.75 Å². The Morgan fingerprint density at radius 1 is 1.06 bits per heavy atom. The molecular formula is C25H25NO5S. The van der Waals surface area contributed by atoms with Crippen LogP contribution in [-0.2, 0) is 4.74 Å². The molecule has 1 saturated carbocycles. The quantitative estimate of drug-likeness (QED) is 0.181. The van der Waals surface area contributed by atoms with Gasteiger partial charge in [0.05, 0.1) is 10.5 Å². The maximum atomic E-state index is 12.9. The normalized spacial score (nSPS) is 18.3. The van der Waals surface area contributed by atoms with Gasteiger partial charge in [0.15, 0.2) is 0 Å². The number of ether oxygens (including phenoxy) is 2. The Morgan fingerprint density at radius 2 is 1.81 bits per heavy atom. The number of hydrogen-bond donors (Lipinski definition) is 0. The second-order valence-corrected chi connectivity index (χ2v) is 8.70. The van der Waals surface area contributed by atoms with Crippen LogP contribution in [0.3, 0.4) is 0 Å². The Bertz CT molecular complexity index is 1120. The summed E-state index contributed by atoms with van der Waals surface area (Å²) in [6.45, 7) is 0. The van der Waals surface area contributed by atoms with Crippen LogP contribution in [0.1, 0.15) is 47.5 Å². The van der Waals surface area contributed by atoms with Crippen LogP contribution in [0, 0.1) is 10.1 Å². The summed E-state index contributed by atoms with van der Waals surface area (Å²) in [5.74, 6) is 0.948. The molecule has 2 atom stereocenters. The lowest BCUT2D eigenvalue weighted by molar-refractivity contribution is -0.384.